The van der Waals surface area contributed by atoms with Gasteiger partial charge in [-0.2, -0.15) is 0 Å². The first-order chi connectivity index (χ1) is 34.1. The molecule has 1 heterocycles. The first-order valence-electron chi connectivity index (χ1n) is 24.7. The van der Waals surface area contributed by atoms with Crippen molar-refractivity contribution < 1.29 is 4.42 Å². The lowest BCUT2D eigenvalue weighted by Gasteiger charge is -2.35. The number of anilines is 3. The largest absolute Gasteiger partial charge is 0.456 e. The van der Waals surface area contributed by atoms with E-state index in [0.717, 1.165) is 39.0 Å². The van der Waals surface area contributed by atoms with Crippen LogP contribution in [0, 0.1) is 0 Å². The molecule has 0 saturated heterocycles. The summed E-state index contributed by atoms with van der Waals surface area (Å²) in [6.45, 7) is 11.6. The zero-order valence-corrected chi connectivity index (χ0v) is 40.3. The minimum Gasteiger partial charge on any atom is -0.456 e. The SMILES string of the molecule is CC(C)(C)c1ccc(-c2ccc3c(c2)C(c2ccccc2)(c2ccc(-c4ccccc4)cc2)c2cccc(N(c4ccc5c(c4)C(C)(C)c4ccccc4-5)c4cccc5oc6ccccc6c45)c2-3)cc1. The normalized spacial score (nSPS) is 15.4. The topological polar surface area (TPSA) is 16.4 Å². The third-order valence-corrected chi connectivity index (χ3v) is 15.5. The molecule has 0 saturated carbocycles. The zero-order chi connectivity index (χ0) is 47.4. The Bertz CT molecular complexity index is 3810. The number of hydrogen-bond donors (Lipinski definition) is 0. The molecule has 2 aliphatic carbocycles. The van der Waals surface area contributed by atoms with Crippen LogP contribution in [0.5, 0.6) is 0 Å². The van der Waals surface area contributed by atoms with Gasteiger partial charge in [0, 0.05) is 22.1 Å². The van der Waals surface area contributed by atoms with Crippen molar-refractivity contribution in [1.29, 1.82) is 0 Å². The molecule has 1 aromatic heterocycles. The lowest BCUT2D eigenvalue weighted by Crippen LogP contribution is -2.28. The second-order valence-corrected chi connectivity index (χ2v) is 20.8. The van der Waals surface area contributed by atoms with Gasteiger partial charge in [0.2, 0.25) is 0 Å². The average molecular weight is 900 g/mol. The highest BCUT2D eigenvalue weighted by Crippen LogP contribution is 2.61. The standard InChI is InChI=1S/C68H53NO/c1-66(2,3)48-35-30-46(31-36-48)47-34-40-54-59(42-47)68(49-20-10-7-11-21-49,50-37-32-45(33-38-50)44-18-8-6-9-19-44)57-25-16-26-60(64(54)57)69(61-27-17-29-63-65(61)55-23-13-15-28-62(55)70-63)51-39-41-53-52-22-12-14-24-56(52)67(4,5)58(53)43-51/h6-43H,1-5H3. The van der Waals surface area contributed by atoms with Gasteiger partial charge in [-0.25, -0.2) is 0 Å². The van der Waals surface area contributed by atoms with E-state index in [0.29, 0.717) is 0 Å². The minimum atomic E-state index is -0.667. The Labute approximate surface area is 411 Å². The van der Waals surface area contributed by atoms with Gasteiger partial charge in [-0.1, -0.05) is 223 Å². The van der Waals surface area contributed by atoms with Crippen molar-refractivity contribution in [2.24, 2.45) is 0 Å². The van der Waals surface area contributed by atoms with E-state index in [1.54, 1.807) is 0 Å². The van der Waals surface area contributed by atoms with Crippen molar-refractivity contribution in [3.05, 3.63) is 269 Å². The van der Waals surface area contributed by atoms with Crippen molar-refractivity contribution in [2.45, 2.75) is 50.9 Å². The fourth-order valence-corrected chi connectivity index (χ4v) is 12.1. The summed E-state index contributed by atoms with van der Waals surface area (Å²) in [6.07, 6.45) is 0. The minimum absolute atomic E-state index is 0.0560. The fourth-order valence-electron chi connectivity index (χ4n) is 12.1. The van der Waals surface area contributed by atoms with Gasteiger partial charge in [0.15, 0.2) is 0 Å². The number of para-hydroxylation sites is 1. The van der Waals surface area contributed by atoms with Crippen LogP contribution in [0.25, 0.3) is 66.4 Å². The van der Waals surface area contributed by atoms with Crippen LogP contribution in [0.15, 0.2) is 235 Å². The van der Waals surface area contributed by atoms with Gasteiger partial charge in [0.1, 0.15) is 11.2 Å². The molecule has 1 atom stereocenters. The first-order valence-corrected chi connectivity index (χ1v) is 24.7. The van der Waals surface area contributed by atoms with E-state index in [4.69, 9.17) is 4.42 Å². The highest BCUT2D eigenvalue weighted by atomic mass is 16.3. The van der Waals surface area contributed by atoms with Crippen LogP contribution in [0.2, 0.25) is 0 Å². The van der Waals surface area contributed by atoms with Crippen molar-refractivity contribution in [1.82, 2.24) is 0 Å². The molecule has 10 aromatic carbocycles. The summed E-state index contributed by atoms with van der Waals surface area (Å²) < 4.78 is 6.66. The van der Waals surface area contributed by atoms with Gasteiger partial charge in [-0.3, -0.25) is 0 Å². The van der Waals surface area contributed by atoms with Gasteiger partial charge in [-0.15, -0.1) is 0 Å². The van der Waals surface area contributed by atoms with Crippen LogP contribution in [0.1, 0.15) is 73.6 Å². The van der Waals surface area contributed by atoms with Crippen LogP contribution in [0.3, 0.4) is 0 Å². The predicted molar refractivity (Wildman–Crippen MR) is 293 cm³/mol. The Morgan fingerprint density at radius 3 is 1.76 bits per heavy atom. The smallest absolute Gasteiger partial charge is 0.137 e. The Morgan fingerprint density at radius 1 is 0.400 bits per heavy atom. The molecule has 70 heavy (non-hydrogen) atoms. The van der Waals surface area contributed by atoms with E-state index in [1.807, 2.05) is 0 Å². The Balaban J connectivity index is 1.12. The molecular formula is C68H53NO. The third kappa shape index (κ3) is 6.26. The summed E-state index contributed by atoms with van der Waals surface area (Å²) in [5.41, 5.74) is 23.1. The molecular weight excluding hydrogens is 847 g/mol. The molecule has 336 valence electrons. The van der Waals surface area contributed by atoms with Gasteiger partial charge < -0.3 is 9.32 Å². The van der Waals surface area contributed by atoms with Crippen molar-refractivity contribution >= 4 is 39.0 Å². The molecule has 2 aliphatic rings. The second-order valence-electron chi connectivity index (χ2n) is 20.8. The van der Waals surface area contributed by atoms with Crippen LogP contribution in [-0.2, 0) is 16.2 Å². The molecule has 1 unspecified atom stereocenters. The van der Waals surface area contributed by atoms with E-state index >= 15 is 0 Å². The number of hydrogen-bond acceptors (Lipinski definition) is 2. The monoisotopic (exact) mass is 899 g/mol. The van der Waals surface area contributed by atoms with E-state index in [-0.39, 0.29) is 10.8 Å². The summed E-state index contributed by atoms with van der Waals surface area (Å²) >= 11 is 0. The molecule has 0 bridgehead atoms. The van der Waals surface area contributed by atoms with Crippen LogP contribution in [0.4, 0.5) is 17.1 Å². The zero-order valence-electron chi connectivity index (χ0n) is 40.3. The lowest BCUT2D eigenvalue weighted by molar-refractivity contribution is 0.590. The number of furan rings is 1. The lowest BCUT2D eigenvalue weighted by atomic mass is 9.67. The van der Waals surface area contributed by atoms with Crippen molar-refractivity contribution in [3.8, 4) is 44.5 Å². The first kappa shape index (κ1) is 41.9. The summed E-state index contributed by atoms with van der Waals surface area (Å²) in [7, 11) is 0. The van der Waals surface area contributed by atoms with Gasteiger partial charge in [0.05, 0.1) is 22.2 Å². The Morgan fingerprint density at radius 2 is 0.971 bits per heavy atom. The summed E-state index contributed by atoms with van der Waals surface area (Å²) in [6, 6.07) is 85.9. The van der Waals surface area contributed by atoms with E-state index in [9.17, 15) is 0 Å². The quantitative estimate of drug-likeness (QED) is 0.158. The summed E-state index contributed by atoms with van der Waals surface area (Å²) in [5.74, 6) is 0. The fraction of sp³-hybridized carbons (Fsp3) is 0.118. The van der Waals surface area contributed by atoms with Crippen LogP contribution < -0.4 is 4.90 Å². The Kier molecular flexibility index (Phi) is 9.39. The van der Waals surface area contributed by atoms with E-state index < -0.39 is 5.41 Å². The number of rotatable bonds is 7. The maximum atomic E-state index is 6.66. The predicted octanol–water partition coefficient (Wildman–Crippen LogP) is 18.4. The summed E-state index contributed by atoms with van der Waals surface area (Å²) in [4.78, 5) is 2.53. The van der Waals surface area contributed by atoms with E-state index in [2.05, 4.69) is 270 Å². The molecule has 0 aliphatic heterocycles. The molecule has 0 amide bonds. The molecule has 13 rings (SSSR count). The molecule has 0 radical (unpaired) electrons. The molecule has 0 spiro atoms. The molecule has 2 nitrogen and oxygen atoms in total. The maximum Gasteiger partial charge on any atom is 0.137 e. The van der Waals surface area contributed by atoms with Gasteiger partial charge in [0.25, 0.3) is 0 Å². The highest BCUT2D eigenvalue weighted by molar-refractivity contribution is 6.14. The van der Waals surface area contributed by atoms with Gasteiger partial charge in [-0.05, 0) is 126 Å². The second kappa shape index (κ2) is 15.7. The maximum absolute atomic E-state index is 6.66. The Hall–Kier alpha value is -8.20. The highest BCUT2D eigenvalue weighted by Gasteiger charge is 2.48. The van der Waals surface area contributed by atoms with Crippen LogP contribution >= 0.6 is 0 Å². The number of nitrogens with zero attached hydrogens (tertiary/aromatic N) is 1. The number of benzene rings is 10. The number of fused-ring (bicyclic) bond motifs is 9. The molecule has 2 heteroatoms. The van der Waals surface area contributed by atoms with E-state index in [1.165, 1.54) is 83.5 Å². The van der Waals surface area contributed by atoms with Crippen molar-refractivity contribution in [2.75, 3.05) is 4.90 Å². The average Bonchev–Trinajstić information content (AvgIpc) is 4.01. The van der Waals surface area contributed by atoms with Crippen molar-refractivity contribution in [3.63, 3.8) is 0 Å². The molecule has 11 aromatic rings. The van der Waals surface area contributed by atoms with Crippen LogP contribution in [-0.4, -0.2) is 0 Å². The third-order valence-electron chi connectivity index (χ3n) is 15.5. The molecule has 0 fully saturated rings. The van der Waals surface area contributed by atoms with Gasteiger partial charge >= 0.3 is 0 Å². The summed E-state index contributed by atoms with van der Waals surface area (Å²) in [5, 5.41) is 2.19. The molecule has 0 N–H and O–H groups in total.